The van der Waals surface area contributed by atoms with Crippen LogP contribution in [0.3, 0.4) is 0 Å². The molecule has 1 fully saturated rings. The first-order chi connectivity index (χ1) is 13.6. The van der Waals surface area contributed by atoms with E-state index in [9.17, 15) is 4.79 Å². The van der Waals surface area contributed by atoms with Crippen LogP contribution in [0.2, 0.25) is 0 Å². The molecule has 148 valence electrons. The summed E-state index contributed by atoms with van der Waals surface area (Å²) in [4.78, 5) is 21.9. The Hall–Kier alpha value is -2.60. The molecule has 1 amide bonds. The van der Waals surface area contributed by atoms with Crippen molar-refractivity contribution in [2.45, 2.75) is 31.7 Å². The van der Waals surface area contributed by atoms with Gasteiger partial charge in [-0.2, -0.15) is 0 Å². The van der Waals surface area contributed by atoms with Gasteiger partial charge in [0.15, 0.2) is 0 Å². The summed E-state index contributed by atoms with van der Waals surface area (Å²) >= 11 is 0. The van der Waals surface area contributed by atoms with Gasteiger partial charge in [-0.05, 0) is 69.6 Å². The Morgan fingerprint density at radius 2 is 2.04 bits per heavy atom. The molecule has 0 unspecified atom stereocenters. The fraction of sp³-hybridized carbons (Fsp3) is 0.455. The molecule has 28 heavy (non-hydrogen) atoms. The monoisotopic (exact) mass is 379 g/mol. The van der Waals surface area contributed by atoms with Gasteiger partial charge in [-0.3, -0.25) is 4.79 Å². The molecule has 0 radical (unpaired) electrons. The van der Waals surface area contributed by atoms with Gasteiger partial charge in [0.05, 0.1) is 11.9 Å². The van der Waals surface area contributed by atoms with Gasteiger partial charge in [-0.1, -0.05) is 6.07 Å². The lowest BCUT2D eigenvalue weighted by Gasteiger charge is -2.36. The highest BCUT2D eigenvalue weighted by atomic mass is 16.1. The summed E-state index contributed by atoms with van der Waals surface area (Å²) in [6.45, 7) is 3.05. The van der Waals surface area contributed by atoms with Gasteiger partial charge < -0.3 is 20.4 Å². The van der Waals surface area contributed by atoms with Gasteiger partial charge >= 0.3 is 0 Å². The first kappa shape index (κ1) is 18.7. The molecule has 0 atom stereocenters. The smallest absolute Gasteiger partial charge is 0.257 e. The lowest BCUT2D eigenvalue weighted by molar-refractivity contribution is 0.102. The number of carbonyl (C=O) groups excluding carboxylic acids is 1. The van der Waals surface area contributed by atoms with Crippen molar-refractivity contribution in [2.75, 3.05) is 49.3 Å². The topological polar surface area (TPSA) is 60.5 Å². The number of anilines is 3. The van der Waals surface area contributed by atoms with Gasteiger partial charge in [0.2, 0.25) is 0 Å². The van der Waals surface area contributed by atoms with Crippen molar-refractivity contribution < 1.29 is 4.79 Å². The van der Waals surface area contributed by atoms with E-state index in [2.05, 4.69) is 45.6 Å². The van der Waals surface area contributed by atoms with Crippen LogP contribution in [0.5, 0.6) is 0 Å². The number of piperidine rings is 1. The second-order valence-corrected chi connectivity index (χ2v) is 7.90. The first-order valence-corrected chi connectivity index (χ1v) is 10.2. The molecule has 2 aliphatic heterocycles. The zero-order chi connectivity index (χ0) is 19.5. The number of benzene rings is 1. The van der Waals surface area contributed by atoms with Crippen LogP contribution in [0.25, 0.3) is 0 Å². The summed E-state index contributed by atoms with van der Waals surface area (Å²) in [5.41, 5.74) is 4.03. The zero-order valence-electron chi connectivity index (χ0n) is 16.7. The summed E-state index contributed by atoms with van der Waals surface area (Å²) in [6.07, 6.45) is 6.18. The van der Waals surface area contributed by atoms with Crippen LogP contribution in [-0.4, -0.2) is 55.6 Å². The van der Waals surface area contributed by atoms with Gasteiger partial charge in [-0.15, -0.1) is 0 Å². The van der Waals surface area contributed by atoms with Crippen molar-refractivity contribution in [3.63, 3.8) is 0 Å². The fourth-order valence-electron chi connectivity index (χ4n) is 4.19. The normalized spacial score (nSPS) is 17.2. The lowest BCUT2D eigenvalue weighted by Crippen LogP contribution is -2.42. The Bertz CT molecular complexity index is 825. The first-order valence-electron chi connectivity index (χ1n) is 10.2. The lowest BCUT2D eigenvalue weighted by atomic mass is 9.97. The van der Waals surface area contributed by atoms with Crippen molar-refractivity contribution in [1.82, 2.24) is 9.88 Å². The Morgan fingerprint density at radius 1 is 1.21 bits per heavy atom. The highest BCUT2D eigenvalue weighted by Crippen LogP contribution is 2.26. The number of amides is 1. The van der Waals surface area contributed by atoms with Crippen LogP contribution in [0.4, 0.5) is 17.2 Å². The second kappa shape index (κ2) is 8.19. The van der Waals surface area contributed by atoms with Crippen LogP contribution in [0, 0.1) is 0 Å². The number of nitrogens with one attached hydrogen (secondary N) is 2. The minimum absolute atomic E-state index is 0.0902. The molecule has 1 saturated heterocycles. The molecular formula is C22H29N5O. The Labute approximate surface area is 166 Å². The number of carbonyl (C=O) groups is 1. The quantitative estimate of drug-likeness (QED) is 0.854. The fourth-order valence-corrected chi connectivity index (χ4v) is 4.19. The Balaban J connectivity index is 1.41. The van der Waals surface area contributed by atoms with Gasteiger partial charge in [-0.25, -0.2) is 4.98 Å². The van der Waals surface area contributed by atoms with E-state index >= 15 is 0 Å². The SMILES string of the molecule is CN(C)C1CCN(c2ccc(NC(=O)c3cccc4c3CCCN4)nc2)CC1. The third-order valence-electron chi connectivity index (χ3n) is 5.89. The molecular weight excluding hydrogens is 350 g/mol. The maximum absolute atomic E-state index is 12.8. The van der Waals surface area contributed by atoms with Crippen LogP contribution in [0.1, 0.15) is 35.2 Å². The summed E-state index contributed by atoms with van der Waals surface area (Å²) in [5, 5.41) is 6.33. The number of fused-ring (bicyclic) bond motifs is 1. The zero-order valence-corrected chi connectivity index (χ0v) is 16.7. The minimum Gasteiger partial charge on any atom is -0.385 e. The summed E-state index contributed by atoms with van der Waals surface area (Å²) in [7, 11) is 4.30. The number of hydrogen-bond acceptors (Lipinski definition) is 5. The summed E-state index contributed by atoms with van der Waals surface area (Å²) < 4.78 is 0. The van der Waals surface area contributed by atoms with E-state index in [-0.39, 0.29) is 5.91 Å². The minimum atomic E-state index is -0.0902. The molecule has 1 aromatic carbocycles. The van der Waals surface area contributed by atoms with E-state index in [1.807, 2.05) is 30.5 Å². The van der Waals surface area contributed by atoms with Crippen molar-refractivity contribution in [3.8, 4) is 0 Å². The predicted octanol–water partition coefficient (Wildman–Crippen LogP) is 3.22. The predicted molar refractivity (Wildman–Crippen MR) is 114 cm³/mol. The van der Waals surface area contributed by atoms with E-state index in [1.54, 1.807) is 0 Å². The summed E-state index contributed by atoms with van der Waals surface area (Å²) in [6, 6.07) is 10.5. The third-order valence-corrected chi connectivity index (χ3v) is 5.89. The van der Waals surface area contributed by atoms with Gasteiger partial charge in [0.1, 0.15) is 5.82 Å². The molecule has 3 heterocycles. The average Bonchev–Trinajstić information content (AvgIpc) is 2.74. The molecule has 4 rings (SSSR count). The summed E-state index contributed by atoms with van der Waals surface area (Å²) in [5.74, 6) is 0.505. The van der Waals surface area contributed by atoms with Crippen molar-refractivity contribution in [1.29, 1.82) is 0 Å². The van der Waals surface area contributed by atoms with Crippen LogP contribution >= 0.6 is 0 Å². The van der Waals surface area contributed by atoms with Crippen LogP contribution in [-0.2, 0) is 6.42 Å². The Kier molecular flexibility index (Phi) is 5.48. The van der Waals surface area contributed by atoms with E-state index < -0.39 is 0 Å². The highest BCUT2D eigenvalue weighted by molar-refractivity contribution is 6.05. The van der Waals surface area contributed by atoms with E-state index in [4.69, 9.17) is 0 Å². The molecule has 0 bridgehead atoms. The van der Waals surface area contributed by atoms with Crippen molar-refractivity contribution in [2.24, 2.45) is 0 Å². The second-order valence-electron chi connectivity index (χ2n) is 7.90. The maximum Gasteiger partial charge on any atom is 0.257 e. The number of rotatable bonds is 4. The van der Waals surface area contributed by atoms with Gasteiger partial charge in [0, 0.05) is 36.9 Å². The molecule has 2 aliphatic rings. The number of aromatic nitrogens is 1. The highest BCUT2D eigenvalue weighted by Gasteiger charge is 2.21. The van der Waals surface area contributed by atoms with E-state index in [1.165, 1.54) is 12.8 Å². The van der Waals surface area contributed by atoms with Gasteiger partial charge in [0.25, 0.3) is 5.91 Å². The van der Waals surface area contributed by atoms with E-state index in [0.717, 1.165) is 55.0 Å². The van der Waals surface area contributed by atoms with Crippen molar-refractivity contribution in [3.05, 3.63) is 47.7 Å². The van der Waals surface area contributed by atoms with E-state index in [0.29, 0.717) is 11.9 Å². The molecule has 0 saturated carbocycles. The molecule has 6 heteroatoms. The molecule has 6 nitrogen and oxygen atoms in total. The standard InChI is InChI=1S/C22H29N5O/c1-26(2)16-10-13-27(14-11-16)17-8-9-21(24-15-17)25-22(28)19-5-3-7-20-18(19)6-4-12-23-20/h3,5,7-9,15-16,23H,4,6,10-14H2,1-2H3,(H,24,25,28). The molecule has 2 N–H and O–H groups in total. The number of hydrogen-bond donors (Lipinski definition) is 2. The number of pyridine rings is 1. The molecule has 2 aromatic rings. The average molecular weight is 380 g/mol. The Morgan fingerprint density at radius 3 is 2.75 bits per heavy atom. The maximum atomic E-state index is 12.8. The largest absolute Gasteiger partial charge is 0.385 e. The number of nitrogens with zero attached hydrogens (tertiary/aromatic N) is 3. The molecule has 0 aliphatic carbocycles. The molecule has 0 spiro atoms. The van der Waals surface area contributed by atoms with Crippen molar-refractivity contribution >= 4 is 23.1 Å². The third kappa shape index (κ3) is 3.97. The van der Waals surface area contributed by atoms with Crippen LogP contribution in [0.15, 0.2) is 36.5 Å². The van der Waals surface area contributed by atoms with Crippen LogP contribution < -0.4 is 15.5 Å². The molecule has 1 aromatic heterocycles.